The molecule has 66 valence electrons. The molecule has 1 aromatic carbocycles. The van der Waals surface area contributed by atoms with Crippen molar-refractivity contribution in [2.24, 2.45) is 0 Å². The molecule has 0 bridgehead atoms. The lowest BCUT2D eigenvalue weighted by molar-refractivity contribution is -0.107. The van der Waals surface area contributed by atoms with Crippen molar-refractivity contribution in [1.29, 1.82) is 0 Å². The summed E-state index contributed by atoms with van der Waals surface area (Å²) in [5.74, 6) is 0. The third kappa shape index (κ3) is 3.08. The molecular weight excluding hydrogens is 160 g/mol. The molecule has 0 aliphatic heterocycles. The fraction of sp³-hybridized carbons (Fsp3) is 0.0833. The lowest BCUT2D eigenvalue weighted by atomic mass is 10.1. The third-order valence-corrected chi connectivity index (χ3v) is 1.70. The summed E-state index contributed by atoms with van der Waals surface area (Å²) in [6.07, 6.45) is 4.99. The van der Waals surface area contributed by atoms with Crippen LogP contribution in [0.4, 0.5) is 0 Å². The standard InChI is InChI=1S/C12H12O/c1-11(7-5-6-10-13)12-8-3-2-4-9-12/h2-5,7-10H,1,6H2. The van der Waals surface area contributed by atoms with Gasteiger partial charge in [-0.15, -0.1) is 0 Å². The molecule has 0 amide bonds. The highest BCUT2D eigenvalue weighted by atomic mass is 16.1. The number of allylic oxidation sites excluding steroid dienone is 3. The zero-order valence-electron chi connectivity index (χ0n) is 7.44. The Morgan fingerprint density at radius 2 is 2.00 bits per heavy atom. The van der Waals surface area contributed by atoms with Gasteiger partial charge in [0.2, 0.25) is 0 Å². The summed E-state index contributed by atoms with van der Waals surface area (Å²) in [7, 11) is 0. The third-order valence-electron chi connectivity index (χ3n) is 1.70. The fourth-order valence-electron chi connectivity index (χ4n) is 1.01. The first-order chi connectivity index (χ1) is 6.34. The van der Waals surface area contributed by atoms with Crippen LogP contribution in [0.3, 0.4) is 0 Å². The molecule has 1 aromatic rings. The highest BCUT2D eigenvalue weighted by molar-refractivity contribution is 5.72. The van der Waals surface area contributed by atoms with Gasteiger partial charge in [0, 0.05) is 6.42 Å². The van der Waals surface area contributed by atoms with Crippen LogP contribution in [-0.2, 0) is 4.79 Å². The van der Waals surface area contributed by atoms with Crippen LogP contribution in [0.5, 0.6) is 0 Å². The smallest absolute Gasteiger partial charge is 0.123 e. The van der Waals surface area contributed by atoms with Gasteiger partial charge in [-0.25, -0.2) is 0 Å². The van der Waals surface area contributed by atoms with E-state index in [4.69, 9.17) is 0 Å². The number of hydrogen-bond acceptors (Lipinski definition) is 1. The zero-order chi connectivity index (χ0) is 9.52. The van der Waals surface area contributed by atoms with Crippen LogP contribution in [-0.4, -0.2) is 6.29 Å². The number of carbonyl (C=O) groups excluding carboxylic acids is 1. The average molecular weight is 172 g/mol. The lowest BCUT2D eigenvalue weighted by Gasteiger charge is -1.97. The molecule has 0 aromatic heterocycles. The molecule has 0 saturated carbocycles. The number of carbonyl (C=O) groups is 1. The lowest BCUT2D eigenvalue weighted by Crippen LogP contribution is -1.77. The van der Waals surface area contributed by atoms with Gasteiger partial charge in [0.05, 0.1) is 0 Å². The van der Waals surface area contributed by atoms with Crippen molar-refractivity contribution in [3.05, 3.63) is 54.6 Å². The highest BCUT2D eigenvalue weighted by Gasteiger charge is 1.90. The summed E-state index contributed by atoms with van der Waals surface area (Å²) in [5.41, 5.74) is 2.02. The molecule has 0 fully saturated rings. The van der Waals surface area contributed by atoms with Crippen molar-refractivity contribution >= 4 is 11.9 Å². The van der Waals surface area contributed by atoms with Gasteiger partial charge in [0.15, 0.2) is 0 Å². The van der Waals surface area contributed by atoms with E-state index in [1.165, 1.54) is 0 Å². The molecule has 1 heteroatoms. The van der Waals surface area contributed by atoms with Crippen LogP contribution < -0.4 is 0 Å². The second kappa shape index (κ2) is 5.09. The van der Waals surface area contributed by atoms with E-state index < -0.39 is 0 Å². The molecule has 0 radical (unpaired) electrons. The maximum Gasteiger partial charge on any atom is 0.123 e. The highest BCUT2D eigenvalue weighted by Crippen LogP contribution is 2.12. The van der Waals surface area contributed by atoms with Crippen LogP contribution in [0.25, 0.3) is 5.57 Å². The van der Waals surface area contributed by atoms with Gasteiger partial charge in [-0.1, -0.05) is 49.1 Å². The van der Waals surface area contributed by atoms with Crippen molar-refractivity contribution in [2.75, 3.05) is 0 Å². The van der Waals surface area contributed by atoms with Gasteiger partial charge in [-0.05, 0) is 11.1 Å². The Balaban J connectivity index is 2.64. The van der Waals surface area contributed by atoms with E-state index in [0.29, 0.717) is 6.42 Å². The van der Waals surface area contributed by atoms with Crippen molar-refractivity contribution in [3.63, 3.8) is 0 Å². The van der Waals surface area contributed by atoms with Crippen LogP contribution in [0.15, 0.2) is 49.1 Å². The van der Waals surface area contributed by atoms with Gasteiger partial charge in [-0.2, -0.15) is 0 Å². The predicted molar refractivity (Wildman–Crippen MR) is 55.3 cm³/mol. The summed E-state index contributed by atoms with van der Waals surface area (Å²) in [5, 5.41) is 0. The Morgan fingerprint density at radius 3 is 2.62 bits per heavy atom. The molecule has 1 rings (SSSR count). The number of aldehydes is 1. The molecule has 0 atom stereocenters. The van der Waals surface area contributed by atoms with Crippen molar-refractivity contribution in [1.82, 2.24) is 0 Å². The van der Waals surface area contributed by atoms with E-state index in [-0.39, 0.29) is 0 Å². The second-order valence-electron chi connectivity index (χ2n) is 2.70. The quantitative estimate of drug-likeness (QED) is 0.504. The van der Waals surface area contributed by atoms with E-state index in [9.17, 15) is 4.79 Å². The minimum absolute atomic E-state index is 0.450. The number of rotatable bonds is 4. The Kier molecular flexibility index (Phi) is 3.71. The van der Waals surface area contributed by atoms with E-state index in [1.807, 2.05) is 42.5 Å². The molecule has 13 heavy (non-hydrogen) atoms. The fourth-order valence-corrected chi connectivity index (χ4v) is 1.01. The Labute approximate surface area is 78.4 Å². The van der Waals surface area contributed by atoms with E-state index in [1.54, 1.807) is 0 Å². The topological polar surface area (TPSA) is 17.1 Å². The van der Waals surface area contributed by atoms with Crippen molar-refractivity contribution in [3.8, 4) is 0 Å². The van der Waals surface area contributed by atoms with Gasteiger partial charge < -0.3 is 4.79 Å². The molecule has 0 saturated heterocycles. The SMILES string of the molecule is C=C(C=CCC=O)c1ccccc1. The average Bonchev–Trinajstić information content (AvgIpc) is 2.19. The first kappa shape index (κ1) is 9.46. The van der Waals surface area contributed by atoms with E-state index in [0.717, 1.165) is 17.4 Å². The first-order valence-electron chi connectivity index (χ1n) is 4.19. The van der Waals surface area contributed by atoms with Crippen LogP contribution in [0.2, 0.25) is 0 Å². The molecule has 0 unspecified atom stereocenters. The monoisotopic (exact) mass is 172 g/mol. The van der Waals surface area contributed by atoms with E-state index >= 15 is 0 Å². The van der Waals surface area contributed by atoms with Crippen LogP contribution in [0, 0.1) is 0 Å². The van der Waals surface area contributed by atoms with Crippen molar-refractivity contribution in [2.45, 2.75) is 6.42 Å². The van der Waals surface area contributed by atoms with Gasteiger partial charge in [-0.3, -0.25) is 0 Å². The van der Waals surface area contributed by atoms with Crippen molar-refractivity contribution < 1.29 is 4.79 Å². The number of benzene rings is 1. The number of hydrogen-bond donors (Lipinski definition) is 0. The minimum Gasteiger partial charge on any atom is -0.303 e. The molecule has 1 nitrogen and oxygen atoms in total. The van der Waals surface area contributed by atoms with Crippen LogP contribution >= 0.6 is 0 Å². The van der Waals surface area contributed by atoms with Gasteiger partial charge in [0.25, 0.3) is 0 Å². The van der Waals surface area contributed by atoms with Gasteiger partial charge >= 0.3 is 0 Å². The normalized spacial score (nSPS) is 10.2. The predicted octanol–water partition coefficient (Wildman–Crippen LogP) is 2.85. The maximum absolute atomic E-state index is 10.0. The summed E-state index contributed by atoms with van der Waals surface area (Å²) in [6.45, 7) is 3.89. The molecule has 0 N–H and O–H groups in total. The largest absolute Gasteiger partial charge is 0.303 e. The molecule has 0 aliphatic rings. The Hall–Kier alpha value is -1.63. The van der Waals surface area contributed by atoms with E-state index in [2.05, 4.69) is 6.58 Å². The molecule has 0 spiro atoms. The first-order valence-corrected chi connectivity index (χ1v) is 4.19. The molecule has 0 aliphatic carbocycles. The van der Waals surface area contributed by atoms with Gasteiger partial charge in [0.1, 0.15) is 6.29 Å². The van der Waals surface area contributed by atoms with Crippen LogP contribution in [0.1, 0.15) is 12.0 Å². The summed E-state index contributed by atoms with van der Waals surface area (Å²) >= 11 is 0. The Bertz CT molecular complexity index is 309. The zero-order valence-corrected chi connectivity index (χ0v) is 7.44. The minimum atomic E-state index is 0.450. The summed E-state index contributed by atoms with van der Waals surface area (Å²) in [4.78, 5) is 10.0. The Morgan fingerprint density at radius 1 is 1.31 bits per heavy atom. The molecule has 0 heterocycles. The summed E-state index contributed by atoms with van der Waals surface area (Å²) < 4.78 is 0. The second-order valence-corrected chi connectivity index (χ2v) is 2.70. The summed E-state index contributed by atoms with van der Waals surface area (Å²) in [6, 6.07) is 9.88. The maximum atomic E-state index is 10.0. The molecular formula is C12H12O.